The summed E-state index contributed by atoms with van der Waals surface area (Å²) in [5, 5.41) is 3.44. The number of nitrogens with one attached hydrogen (secondary N) is 1. The van der Waals surface area contributed by atoms with Crippen LogP contribution in [0, 0.1) is 5.92 Å². The van der Waals surface area contributed by atoms with E-state index in [-0.39, 0.29) is 6.04 Å². The molecule has 1 fully saturated rings. The highest BCUT2D eigenvalue weighted by atomic mass is 16.7. The van der Waals surface area contributed by atoms with Gasteiger partial charge in [0.25, 0.3) is 0 Å². The molecule has 3 aliphatic rings. The third-order valence-corrected chi connectivity index (χ3v) is 2.97. The summed E-state index contributed by atoms with van der Waals surface area (Å²) in [4.78, 5) is 0. The van der Waals surface area contributed by atoms with E-state index in [1.54, 1.807) is 0 Å². The summed E-state index contributed by atoms with van der Waals surface area (Å²) in [5.74, 6) is 0.166. The molecular weight excluding hydrogens is 178 g/mol. The van der Waals surface area contributed by atoms with E-state index >= 15 is 0 Å². The quantitative estimate of drug-likeness (QED) is 0.544. The van der Waals surface area contributed by atoms with Gasteiger partial charge in [0.2, 0.25) is 0 Å². The summed E-state index contributed by atoms with van der Waals surface area (Å²) in [6.07, 6.45) is 5.45. The van der Waals surface area contributed by atoms with E-state index in [4.69, 9.17) is 9.47 Å². The minimum absolute atomic E-state index is 0.229. The summed E-state index contributed by atoms with van der Waals surface area (Å²) in [7, 11) is 0. The average Bonchev–Trinajstić information content (AvgIpc) is 2.20. The molecule has 0 saturated carbocycles. The highest BCUT2D eigenvalue weighted by Crippen LogP contribution is 2.36. The predicted molar refractivity (Wildman–Crippen MR) is 55.0 cm³/mol. The molecule has 0 aromatic heterocycles. The van der Waals surface area contributed by atoms with Crippen LogP contribution >= 0.6 is 0 Å². The SMILES string of the molecule is CCOC1(OCC)CC2C=CC1NC2. The topological polar surface area (TPSA) is 30.5 Å². The molecule has 2 atom stereocenters. The van der Waals surface area contributed by atoms with Gasteiger partial charge in [-0.3, -0.25) is 0 Å². The van der Waals surface area contributed by atoms with Crippen molar-refractivity contribution in [3.8, 4) is 0 Å². The molecular formula is C11H19NO2. The Labute approximate surface area is 85.5 Å². The molecule has 2 aliphatic heterocycles. The van der Waals surface area contributed by atoms with Crippen molar-refractivity contribution in [2.45, 2.75) is 32.1 Å². The van der Waals surface area contributed by atoms with Crippen molar-refractivity contribution in [3.05, 3.63) is 12.2 Å². The molecule has 14 heavy (non-hydrogen) atoms. The Morgan fingerprint density at radius 2 is 2.00 bits per heavy atom. The number of fused-ring (bicyclic) bond motifs is 2. The first-order valence-corrected chi connectivity index (χ1v) is 5.50. The molecule has 3 heteroatoms. The molecule has 3 rings (SSSR count). The lowest BCUT2D eigenvalue weighted by molar-refractivity contribution is -0.261. The molecule has 2 unspecified atom stereocenters. The van der Waals surface area contributed by atoms with E-state index in [0.29, 0.717) is 19.1 Å². The van der Waals surface area contributed by atoms with Crippen molar-refractivity contribution in [2.24, 2.45) is 5.92 Å². The zero-order chi connectivity index (χ0) is 10.0. The van der Waals surface area contributed by atoms with E-state index in [1.807, 2.05) is 13.8 Å². The Bertz CT molecular complexity index is 221. The second-order valence-electron chi connectivity index (χ2n) is 3.91. The van der Waals surface area contributed by atoms with Gasteiger partial charge in [0.15, 0.2) is 5.79 Å². The van der Waals surface area contributed by atoms with Crippen LogP contribution in [0.2, 0.25) is 0 Å². The molecule has 0 aromatic carbocycles. The fourth-order valence-corrected chi connectivity index (χ4v) is 2.45. The summed E-state index contributed by atoms with van der Waals surface area (Å²) < 4.78 is 11.6. The van der Waals surface area contributed by atoms with Crippen LogP contribution < -0.4 is 5.32 Å². The molecule has 0 radical (unpaired) electrons. The number of hydrogen-bond acceptors (Lipinski definition) is 3. The molecule has 1 saturated heterocycles. The fraction of sp³-hybridized carbons (Fsp3) is 0.818. The van der Waals surface area contributed by atoms with E-state index in [1.165, 1.54) is 0 Å². The molecule has 1 aliphatic carbocycles. The first kappa shape index (κ1) is 10.1. The largest absolute Gasteiger partial charge is 0.348 e. The lowest BCUT2D eigenvalue weighted by Gasteiger charge is -2.47. The summed E-state index contributed by atoms with van der Waals surface area (Å²) >= 11 is 0. The van der Waals surface area contributed by atoms with Crippen molar-refractivity contribution in [1.82, 2.24) is 5.32 Å². The molecule has 0 aromatic rings. The molecule has 0 amide bonds. The minimum Gasteiger partial charge on any atom is -0.348 e. The van der Waals surface area contributed by atoms with Gasteiger partial charge in [0, 0.05) is 26.2 Å². The second-order valence-corrected chi connectivity index (χ2v) is 3.91. The van der Waals surface area contributed by atoms with Gasteiger partial charge in [-0.25, -0.2) is 0 Å². The Morgan fingerprint density at radius 3 is 2.36 bits per heavy atom. The van der Waals surface area contributed by atoms with Crippen molar-refractivity contribution in [1.29, 1.82) is 0 Å². The van der Waals surface area contributed by atoms with Gasteiger partial charge in [-0.05, 0) is 19.8 Å². The van der Waals surface area contributed by atoms with Crippen LogP contribution in [0.15, 0.2) is 12.2 Å². The third kappa shape index (κ3) is 1.60. The highest BCUT2D eigenvalue weighted by Gasteiger charge is 2.46. The highest BCUT2D eigenvalue weighted by molar-refractivity contribution is 5.15. The summed E-state index contributed by atoms with van der Waals surface area (Å²) in [5.41, 5.74) is 0. The Hall–Kier alpha value is -0.380. The minimum atomic E-state index is -0.402. The van der Waals surface area contributed by atoms with Crippen LogP contribution in [-0.2, 0) is 9.47 Å². The molecule has 0 spiro atoms. The number of rotatable bonds is 4. The Morgan fingerprint density at radius 1 is 1.29 bits per heavy atom. The zero-order valence-corrected chi connectivity index (χ0v) is 8.95. The standard InChI is InChI=1S/C11H19NO2/c1-3-13-11(14-4-2)7-9-5-6-10(11)12-8-9/h5-6,9-10,12H,3-4,7-8H2,1-2H3. The Balaban J connectivity index is 2.15. The van der Waals surface area contributed by atoms with E-state index in [2.05, 4.69) is 17.5 Å². The first-order chi connectivity index (χ1) is 6.80. The molecule has 2 heterocycles. The van der Waals surface area contributed by atoms with Gasteiger partial charge in [0.05, 0.1) is 6.04 Å². The summed E-state index contributed by atoms with van der Waals surface area (Å²) in [6, 6.07) is 0.229. The monoisotopic (exact) mass is 197 g/mol. The van der Waals surface area contributed by atoms with Crippen LogP contribution in [0.4, 0.5) is 0 Å². The van der Waals surface area contributed by atoms with Crippen molar-refractivity contribution < 1.29 is 9.47 Å². The van der Waals surface area contributed by atoms with Gasteiger partial charge < -0.3 is 14.8 Å². The van der Waals surface area contributed by atoms with Crippen LogP contribution in [0.5, 0.6) is 0 Å². The van der Waals surface area contributed by atoms with E-state index in [9.17, 15) is 0 Å². The van der Waals surface area contributed by atoms with Crippen LogP contribution in [0.3, 0.4) is 0 Å². The lowest BCUT2D eigenvalue weighted by atomic mass is 9.82. The van der Waals surface area contributed by atoms with Crippen LogP contribution in [0.25, 0.3) is 0 Å². The van der Waals surface area contributed by atoms with E-state index in [0.717, 1.165) is 13.0 Å². The molecule has 80 valence electrons. The summed E-state index contributed by atoms with van der Waals surface area (Å²) in [6.45, 7) is 6.51. The second kappa shape index (κ2) is 4.01. The normalized spacial score (nSPS) is 33.6. The van der Waals surface area contributed by atoms with Crippen LogP contribution in [-0.4, -0.2) is 31.6 Å². The van der Waals surface area contributed by atoms with Crippen LogP contribution in [0.1, 0.15) is 20.3 Å². The first-order valence-electron chi connectivity index (χ1n) is 5.50. The van der Waals surface area contributed by atoms with Crippen molar-refractivity contribution >= 4 is 0 Å². The third-order valence-electron chi connectivity index (χ3n) is 2.97. The van der Waals surface area contributed by atoms with Gasteiger partial charge in [-0.1, -0.05) is 12.2 Å². The average molecular weight is 197 g/mol. The smallest absolute Gasteiger partial charge is 0.187 e. The maximum Gasteiger partial charge on any atom is 0.187 e. The van der Waals surface area contributed by atoms with Gasteiger partial charge >= 0.3 is 0 Å². The van der Waals surface area contributed by atoms with Gasteiger partial charge in [-0.15, -0.1) is 0 Å². The maximum absolute atomic E-state index is 5.81. The van der Waals surface area contributed by atoms with Crippen molar-refractivity contribution in [2.75, 3.05) is 19.8 Å². The van der Waals surface area contributed by atoms with Gasteiger partial charge in [-0.2, -0.15) is 0 Å². The zero-order valence-electron chi connectivity index (χ0n) is 8.95. The molecule has 1 N–H and O–H groups in total. The predicted octanol–water partition coefficient (Wildman–Crippen LogP) is 1.30. The number of ether oxygens (including phenoxy) is 2. The van der Waals surface area contributed by atoms with Gasteiger partial charge in [0.1, 0.15) is 0 Å². The molecule has 2 bridgehead atoms. The Kier molecular flexibility index (Phi) is 2.91. The van der Waals surface area contributed by atoms with Crippen molar-refractivity contribution in [3.63, 3.8) is 0 Å². The maximum atomic E-state index is 5.81. The van der Waals surface area contributed by atoms with E-state index < -0.39 is 5.79 Å². The lowest BCUT2D eigenvalue weighted by Crippen LogP contribution is -2.61. The fourth-order valence-electron chi connectivity index (χ4n) is 2.45. The molecule has 3 nitrogen and oxygen atoms in total. The number of hydrogen-bond donors (Lipinski definition) is 1. The number of piperidine rings is 1.